The van der Waals surface area contributed by atoms with E-state index in [2.05, 4.69) is 54.0 Å². The highest BCUT2D eigenvalue weighted by Gasteiger charge is 2.55. The number of halogens is 1. The van der Waals surface area contributed by atoms with Gasteiger partial charge in [0.2, 0.25) is 0 Å². The predicted molar refractivity (Wildman–Crippen MR) is 126 cm³/mol. The van der Waals surface area contributed by atoms with Gasteiger partial charge in [0, 0.05) is 17.5 Å². The maximum absolute atomic E-state index is 10.9. The van der Waals surface area contributed by atoms with Crippen LogP contribution in [-0.2, 0) is 6.42 Å². The van der Waals surface area contributed by atoms with Crippen LogP contribution in [0.4, 0.5) is 17.5 Å². The molecular weight excluding hydrogens is 472 g/mol. The predicted octanol–water partition coefficient (Wildman–Crippen LogP) is 2.23. The molecule has 6 rings (SSSR count). The van der Waals surface area contributed by atoms with Crippen molar-refractivity contribution < 1.29 is 10.2 Å². The molecule has 0 bridgehead atoms. The first-order valence-corrected chi connectivity index (χ1v) is 11.8. The van der Waals surface area contributed by atoms with Gasteiger partial charge in [-0.3, -0.25) is 0 Å². The topological polar surface area (TPSA) is 134 Å². The number of anilines is 3. The molecule has 6 atom stereocenters. The van der Waals surface area contributed by atoms with Gasteiger partial charge in [-0.05, 0) is 70.6 Å². The van der Waals surface area contributed by atoms with Crippen LogP contribution in [0.15, 0.2) is 35.1 Å². The first-order chi connectivity index (χ1) is 15.4. The summed E-state index contributed by atoms with van der Waals surface area (Å²) in [7, 11) is 0. The lowest BCUT2D eigenvalue weighted by Crippen LogP contribution is -2.43. The number of hydrogen-bond acceptors (Lipinski definition) is 8. The average Bonchev–Trinajstić information content (AvgIpc) is 3.36. The van der Waals surface area contributed by atoms with Gasteiger partial charge >= 0.3 is 0 Å². The zero-order valence-electron chi connectivity index (χ0n) is 17.4. The molecule has 0 spiro atoms. The molecule has 3 aliphatic rings. The molecule has 32 heavy (non-hydrogen) atoms. The Labute approximate surface area is 193 Å². The third kappa shape index (κ3) is 3.06. The van der Waals surface area contributed by atoms with E-state index >= 15 is 0 Å². The van der Waals surface area contributed by atoms with Crippen LogP contribution in [0.5, 0.6) is 0 Å². The summed E-state index contributed by atoms with van der Waals surface area (Å²) in [6.45, 7) is 0.737. The summed E-state index contributed by atoms with van der Waals surface area (Å²) in [5.41, 5.74) is 15.0. The van der Waals surface area contributed by atoms with Gasteiger partial charge in [0.1, 0.15) is 29.9 Å². The number of rotatable bonds is 3. The van der Waals surface area contributed by atoms with Crippen LogP contribution in [0.1, 0.15) is 29.9 Å². The number of aliphatic hydroxyl groups is 2. The lowest BCUT2D eigenvalue weighted by molar-refractivity contribution is 0.00981. The van der Waals surface area contributed by atoms with Crippen molar-refractivity contribution >= 4 is 44.3 Å². The highest BCUT2D eigenvalue weighted by Crippen LogP contribution is 2.57. The molecule has 2 fully saturated rings. The fourth-order valence-corrected chi connectivity index (χ4v) is 6.15. The Morgan fingerprint density at radius 2 is 1.84 bits per heavy atom. The van der Waals surface area contributed by atoms with Crippen LogP contribution in [-0.4, -0.2) is 50.0 Å². The Hall–Kier alpha value is -2.49. The number of hydrogen-bond donors (Lipinski definition) is 4. The van der Waals surface area contributed by atoms with E-state index in [0.29, 0.717) is 23.5 Å². The van der Waals surface area contributed by atoms with Gasteiger partial charge in [0.25, 0.3) is 0 Å². The highest BCUT2D eigenvalue weighted by molar-refractivity contribution is 9.10. The molecule has 3 aromatic rings. The van der Waals surface area contributed by atoms with Crippen molar-refractivity contribution in [2.45, 2.75) is 43.4 Å². The van der Waals surface area contributed by atoms with Crippen LogP contribution >= 0.6 is 15.9 Å². The number of nitrogens with zero attached hydrogens (tertiary/aromatic N) is 4. The van der Waals surface area contributed by atoms with E-state index in [0.717, 1.165) is 52.6 Å². The Morgan fingerprint density at radius 1 is 1.00 bits per heavy atom. The average molecular weight is 497 g/mol. The smallest absolute Gasteiger partial charge is 0.138 e. The minimum absolute atomic E-state index is 0.0434. The Kier molecular flexibility index (Phi) is 4.57. The number of pyridine rings is 1. The molecule has 166 valence electrons. The maximum atomic E-state index is 10.9. The Balaban J connectivity index is 1.22. The van der Waals surface area contributed by atoms with Gasteiger partial charge in [-0.2, -0.15) is 0 Å². The summed E-state index contributed by atoms with van der Waals surface area (Å²) in [4.78, 5) is 15.1. The van der Waals surface area contributed by atoms with Crippen LogP contribution in [0.25, 0.3) is 10.9 Å². The third-order valence-electron chi connectivity index (χ3n) is 7.57. The molecule has 0 amide bonds. The second-order valence-electron chi connectivity index (χ2n) is 9.27. The SMILES string of the molecule is Nc1nc2cc(C3CC3[C@H]3C[C@@H](N4CCc5c(N)ncnc54)[C@H](O)[C@@H]3O)ccc2cc1Br. The summed E-state index contributed by atoms with van der Waals surface area (Å²) in [5.74, 6) is 2.53. The highest BCUT2D eigenvalue weighted by atomic mass is 79.9. The zero-order chi connectivity index (χ0) is 22.1. The Morgan fingerprint density at radius 3 is 2.69 bits per heavy atom. The summed E-state index contributed by atoms with van der Waals surface area (Å²) >= 11 is 3.43. The second-order valence-corrected chi connectivity index (χ2v) is 10.1. The molecular formula is C23H25BrN6O2. The third-order valence-corrected chi connectivity index (χ3v) is 8.20. The summed E-state index contributed by atoms with van der Waals surface area (Å²) in [6.07, 6.45) is 2.42. The lowest BCUT2D eigenvalue weighted by atomic mass is 9.95. The first-order valence-electron chi connectivity index (χ1n) is 11.0. The molecule has 9 heteroatoms. The van der Waals surface area contributed by atoms with E-state index in [-0.39, 0.29) is 12.0 Å². The first kappa shape index (κ1) is 20.1. The fraction of sp³-hybridized carbons (Fsp3) is 0.435. The molecule has 1 aromatic carbocycles. The summed E-state index contributed by atoms with van der Waals surface area (Å²) in [6, 6.07) is 8.14. The molecule has 0 saturated heterocycles. The van der Waals surface area contributed by atoms with Crippen LogP contribution in [0, 0.1) is 11.8 Å². The molecule has 6 N–H and O–H groups in total. The molecule has 8 nitrogen and oxygen atoms in total. The lowest BCUT2D eigenvalue weighted by Gasteiger charge is -2.28. The standard InChI is InChI=1S/C23H25BrN6O2/c24-16-5-11-2-1-10(6-17(11)29-22(16)26)13-7-14(13)15-8-18(20(32)19(15)31)30-4-3-12-21(25)27-9-28-23(12)30/h1-2,5-6,9,13-15,18-20,31-32H,3-4,7-8H2,(H2,26,29)(H2,25,27,28)/t13?,14?,15-,18-,19-,20+/m1/s1. The van der Waals surface area contributed by atoms with Gasteiger partial charge in [-0.1, -0.05) is 12.1 Å². The van der Waals surface area contributed by atoms with Crippen molar-refractivity contribution in [1.82, 2.24) is 15.0 Å². The summed E-state index contributed by atoms with van der Waals surface area (Å²) in [5, 5.41) is 22.9. The van der Waals surface area contributed by atoms with Crippen LogP contribution in [0.3, 0.4) is 0 Å². The van der Waals surface area contributed by atoms with Crippen LogP contribution in [0.2, 0.25) is 0 Å². The summed E-state index contributed by atoms with van der Waals surface area (Å²) < 4.78 is 0.798. The van der Waals surface area contributed by atoms with Crippen molar-refractivity contribution in [2.24, 2.45) is 11.8 Å². The maximum Gasteiger partial charge on any atom is 0.138 e. The number of benzene rings is 1. The zero-order valence-corrected chi connectivity index (χ0v) is 19.0. The van der Waals surface area contributed by atoms with Gasteiger partial charge in [0.15, 0.2) is 0 Å². The van der Waals surface area contributed by atoms with Gasteiger partial charge in [-0.15, -0.1) is 0 Å². The van der Waals surface area contributed by atoms with E-state index in [1.54, 1.807) is 0 Å². The van der Waals surface area contributed by atoms with Crippen molar-refractivity contribution in [3.05, 3.63) is 46.2 Å². The van der Waals surface area contributed by atoms with Crippen molar-refractivity contribution in [3.63, 3.8) is 0 Å². The van der Waals surface area contributed by atoms with E-state index in [1.807, 2.05) is 6.07 Å². The monoisotopic (exact) mass is 496 g/mol. The van der Waals surface area contributed by atoms with E-state index in [9.17, 15) is 10.2 Å². The largest absolute Gasteiger partial charge is 0.390 e. The van der Waals surface area contributed by atoms with Gasteiger partial charge < -0.3 is 26.6 Å². The fourth-order valence-electron chi connectivity index (χ4n) is 5.82. The molecule has 3 heterocycles. The molecule has 1 aliphatic heterocycles. The molecule has 2 saturated carbocycles. The number of fused-ring (bicyclic) bond motifs is 2. The van der Waals surface area contributed by atoms with Gasteiger partial charge in [-0.25, -0.2) is 15.0 Å². The van der Waals surface area contributed by atoms with E-state index < -0.39 is 12.2 Å². The number of aromatic nitrogens is 3. The normalized spacial score (nSPS) is 31.3. The quantitative estimate of drug-likeness (QED) is 0.433. The Bertz CT molecular complexity index is 1220. The van der Waals surface area contributed by atoms with Crippen LogP contribution < -0.4 is 16.4 Å². The molecule has 2 aromatic heterocycles. The van der Waals surface area contributed by atoms with E-state index in [4.69, 9.17) is 11.5 Å². The number of nitrogens with two attached hydrogens (primary N) is 2. The molecule has 2 unspecified atom stereocenters. The molecule has 2 aliphatic carbocycles. The number of nitrogen functional groups attached to an aromatic ring is 2. The van der Waals surface area contributed by atoms with E-state index in [1.165, 1.54) is 11.9 Å². The van der Waals surface area contributed by atoms with Crippen molar-refractivity contribution in [2.75, 3.05) is 22.9 Å². The minimum atomic E-state index is -0.807. The van der Waals surface area contributed by atoms with Crippen molar-refractivity contribution in [3.8, 4) is 0 Å². The number of aliphatic hydroxyl groups excluding tert-OH is 2. The second kappa shape index (κ2) is 7.26. The minimum Gasteiger partial charge on any atom is -0.390 e. The molecule has 0 radical (unpaired) electrons. The van der Waals surface area contributed by atoms with Crippen molar-refractivity contribution in [1.29, 1.82) is 0 Å². The van der Waals surface area contributed by atoms with Gasteiger partial charge in [0.05, 0.1) is 22.1 Å².